The fraction of sp³-hybridized carbons (Fsp3) is 0.222. The number of H-pyrrole nitrogens is 1. The molecule has 1 aromatic heterocycles. The maximum absolute atomic E-state index is 5.27. The van der Waals surface area contributed by atoms with Crippen molar-refractivity contribution < 1.29 is 4.74 Å². The molecule has 0 spiro atoms. The molecule has 1 heterocycles. The van der Waals surface area contributed by atoms with E-state index in [-0.39, 0.29) is 6.01 Å². The van der Waals surface area contributed by atoms with Crippen LogP contribution in [0.5, 0.6) is 6.01 Å². The highest BCUT2D eigenvalue weighted by Gasteiger charge is 1.99. The van der Waals surface area contributed by atoms with E-state index in [1.165, 1.54) is 5.56 Å². The van der Waals surface area contributed by atoms with Gasteiger partial charge in [0.2, 0.25) is 0 Å². The maximum atomic E-state index is 5.27. The molecule has 2 aromatic rings. The minimum atomic E-state index is 0.270. The molecule has 5 heteroatoms. The van der Waals surface area contributed by atoms with E-state index in [0.717, 1.165) is 5.56 Å². The number of nitrogens with one attached hydrogen (secondary N) is 1. The van der Waals surface area contributed by atoms with Gasteiger partial charge in [-0.3, -0.25) is 0 Å². The van der Waals surface area contributed by atoms with Gasteiger partial charge in [-0.15, -0.1) is 0 Å². The van der Waals surface area contributed by atoms with Gasteiger partial charge in [0, 0.05) is 0 Å². The zero-order chi connectivity index (χ0) is 9.80. The Balaban J connectivity index is 1.98. The lowest BCUT2D eigenvalue weighted by atomic mass is 10.1. The van der Waals surface area contributed by atoms with Crippen LogP contribution in [0.15, 0.2) is 24.3 Å². The number of rotatable bonds is 3. The summed E-state index contributed by atoms with van der Waals surface area (Å²) in [6.07, 6.45) is 0. The number of benzene rings is 1. The Bertz CT molecular complexity index is 399. The molecule has 0 fully saturated rings. The van der Waals surface area contributed by atoms with E-state index in [1.807, 2.05) is 25.1 Å². The van der Waals surface area contributed by atoms with Crippen molar-refractivity contribution in [3.63, 3.8) is 0 Å². The van der Waals surface area contributed by atoms with Gasteiger partial charge in [0.1, 0.15) is 6.61 Å². The predicted octanol–water partition coefficient (Wildman–Crippen LogP) is 1.09. The molecule has 0 aliphatic carbocycles. The average molecular weight is 190 g/mol. The lowest BCUT2D eigenvalue weighted by Gasteiger charge is -2.01. The van der Waals surface area contributed by atoms with Crippen LogP contribution in [-0.2, 0) is 6.61 Å². The third-order valence-corrected chi connectivity index (χ3v) is 1.78. The van der Waals surface area contributed by atoms with Gasteiger partial charge in [0.25, 0.3) is 0 Å². The third kappa shape index (κ3) is 2.07. The van der Waals surface area contributed by atoms with Gasteiger partial charge in [-0.25, -0.2) is 0 Å². The van der Waals surface area contributed by atoms with E-state index in [0.29, 0.717) is 6.61 Å². The van der Waals surface area contributed by atoms with Gasteiger partial charge in [-0.1, -0.05) is 40.0 Å². The second-order valence-corrected chi connectivity index (χ2v) is 2.97. The second-order valence-electron chi connectivity index (χ2n) is 2.97. The molecule has 0 bridgehead atoms. The molecule has 1 N–H and O–H groups in total. The fourth-order valence-electron chi connectivity index (χ4n) is 1.16. The molecule has 0 amide bonds. The van der Waals surface area contributed by atoms with Crippen LogP contribution in [0.2, 0.25) is 0 Å². The van der Waals surface area contributed by atoms with Crippen molar-refractivity contribution in [1.29, 1.82) is 0 Å². The van der Waals surface area contributed by atoms with Gasteiger partial charge < -0.3 is 4.74 Å². The first-order valence-electron chi connectivity index (χ1n) is 4.26. The van der Waals surface area contributed by atoms with Crippen LogP contribution in [0.25, 0.3) is 0 Å². The highest BCUT2D eigenvalue weighted by atomic mass is 16.5. The summed E-state index contributed by atoms with van der Waals surface area (Å²) >= 11 is 0. The molecule has 0 atom stereocenters. The molecule has 2 rings (SSSR count). The molecule has 72 valence electrons. The summed E-state index contributed by atoms with van der Waals surface area (Å²) in [5, 5.41) is 13.1. The van der Waals surface area contributed by atoms with E-state index in [9.17, 15) is 0 Å². The Morgan fingerprint density at radius 3 is 3.07 bits per heavy atom. The van der Waals surface area contributed by atoms with Crippen molar-refractivity contribution in [3.8, 4) is 6.01 Å². The highest BCUT2D eigenvalue weighted by molar-refractivity contribution is 5.21. The number of tetrazole rings is 1. The minimum absolute atomic E-state index is 0.270. The number of aromatic amines is 1. The van der Waals surface area contributed by atoms with Crippen molar-refractivity contribution in [2.75, 3.05) is 0 Å². The topological polar surface area (TPSA) is 63.7 Å². The van der Waals surface area contributed by atoms with Gasteiger partial charge in [-0.2, -0.15) is 5.21 Å². The number of nitrogens with zero attached hydrogens (tertiary/aromatic N) is 3. The van der Waals surface area contributed by atoms with Crippen LogP contribution in [-0.4, -0.2) is 20.6 Å². The monoisotopic (exact) mass is 190 g/mol. The lowest BCUT2D eigenvalue weighted by molar-refractivity contribution is 0.281. The summed E-state index contributed by atoms with van der Waals surface area (Å²) in [6, 6.07) is 8.35. The molecular weight excluding hydrogens is 180 g/mol. The molecule has 14 heavy (non-hydrogen) atoms. The molecule has 0 saturated heterocycles. The number of aryl methyl sites for hydroxylation is 1. The third-order valence-electron chi connectivity index (χ3n) is 1.78. The molecule has 0 aliphatic heterocycles. The number of aromatic nitrogens is 4. The van der Waals surface area contributed by atoms with Gasteiger partial charge in [0.05, 0.1) is 0 Å². The first-order chi connectivity index (χ1) is 6.84. The van der Waals surface area contributed by atoms with Crippen molar-refractivity contribution in [3.05, 3.63) is 35.4 Å². The molecule has 5 nitrogen and oxygen atoms in total. The van der Waals surface area contributed by atoms with Crippen molar-refractivity contribution in [1.82, 2.24) is 20.6 Å². The highest BCUT2D eigenvalue weighted by Crippen LogP contribution is 2.06. The fourth-order valence-corrected chi connectivity index (χ4v) is 1.16. The number of hydrogen-bond donors (Lipinski definition) is 1. The molecule has 0 radical (unpaired) electrons. The van der Waals surface area contributed by atoms with E-state index < -0.39 is 0 Å². The van der Waals surface area contributed by atoms with Crippen LogP contribution in [0.4, 0.5) is 0 Å². The predicted molar refractivity (Wildman–Crippen MR) is 49.7 cm³/mol. The summed E-state index contributed by atoms with van der Waals surface area (Å²) in [7, 11) is 0. The Labute approximate surface area is 81.1 Å². The van der Waals surface area contributed by atoms with Crippen molar-refractivity contribution in [2.24, 2.45) is 0 Å². The Morgan fingerprint density at radius 1 is 1.43 bits per heavy atom. The molecule has 0 saturated carbocycles. The zero-order valence-electron chi connectivity index (χ0n) is 7.77. The smallest absolute Gasteiger partial charge is 0.356 e. The molecule has 0 aliphatic rings. The summed E-state index contributed by atoms with van der Waals surface area (Å²) in [4.78, 5) is 0. The van der Waals surface area contributed by atoms with Crippen LogP contribution in [0.3, 0.4) is 0 Å². The van der Waals surface area contributed by atoms with E-state index in [4.69, 9.17) is 4.74 Å². The van der Waals surface area contributed by atoms with Crippen molar-refractivity contribution >= 4 is 0 Å². The summed E-state index contributed by atoms with van der Waals surface area (Å²) in [5.41, 5.74) is 2.30. The Morgan fingerprint density at radius 2 is 2.36 bits per heavy atom. The summed E-state index contributed by atoms with van der Waals surface area (Å²) in [6.45, 7) is 2.50. The second kappa shape index (κ2) is 3.87. The zero-order valence-corrected chi connectivity index (χ0v) is 7.77. The Kier molecular flexibility index (Phi) is 2.40. The number of hydrogen-bond acceptors (Lipinski definition) is 4. The van der Waals surface area contributed by atoms with Crippen LogP contribution in [0, 0.1) is 6.92 Å². The van der Waals surface area contributed by atoms with Gasteiger partial charge >= 0.3 is 6.01 Å². The SMILES string of the molecule is Cc1cccc(COc2nn[nH]n2)c1. The maximum Gasteiger partial charge on any atom is 0.356 e. The van der Waals surface area contributed by atoms with Crippen LogP contribution < -0.4 is 4.74 Å². The first kappa shape index (κ1) is 8.68. The van der Waals surface area contributed by atoms with E-state index >= 15 is 0 Å². The summed E-state index contributed by atoms with van der Waals surface area (Å²) < 4.78 is 5.27. The number of ether oxygens (including phenoxy) is 1. The normalized spacial score (nSPS) is 10.1. The largest absolute Gasteiger partial charge is 0.456 e. The van der Waals surface area contributed by atoms with Gasteiger partial charge in [-0.05, 0) is 17.7 Å². The van der Waals surface area contributed by atoms with Crippen LogP contribution >= 0.6 is 0 Å². The quantitative estimate of drug-likeness (QED) is 0.786. The lowest BCUT2D eigenvalue weighted by Crippen LogP contribution is -1.97. The van der Waals surface area contributed by atoms with Crippen molar-refractivity contribution in [2.45, 2.75) is 13.5 Å². The van der Waals surface area contributed by atoms with E-state index in [1.54, 1.807) is 0 Å². The molecular formula is C9H10N4O. The molecule has 0 unspecified atom stereocenters. The van der Waals surface area contributed by atoms with Gasteiger partial charge in [0.15, 0.2) is 0 Å². The average Bonchev–Trinajstić information content (AvgIpc) is 2.67. The Hall–Kier alpha value is -1.91. The molecule has 1 aromatic carbocycles. The summed E-state index contributed by atoms with van der Waals surface area (Å²) in [5.74, 6) is 0. The van der Waals surface area contributed by atoms with E-state index in [2.05, 4.69) is 26.7 Å². The van der Waals surface area contributed by atoms with Crippen LogP contribution in [0.1, 0.15) is 11.1 Å². The minimum Gasteiger partial charge on any atom is -0.456 e. The first-order valence-corrected chi connectivity index (χ1v) is 4.26. The standard InChI is InChI=1S/C9H10N4O/c1-7-3-2-4-8(5-7)6-14-9-10-12-13-11-9/h2-5H,6H2,1H3,(H,10,11,12,13).